The van der Waals surface area contributed by atoms with Crippen LogP contribution < -0.4 is 5.14 Å². The predicted octanol–water partition coefficient (Wildman–Crippen LogP) is -0.745. The molecule has 2 unspecified atom stereocenters. The summed E-state index contributed by atoms with van der Waals surface area (Å²) in [5.74, 6) is 0. The molecule has 17 heavy (non-hydrogen) atoms. The highest BCUT2D eigenvalue weighted by molar-refractivity contribution is 7.89. The van der Waals surface area contributed by atoms with Crippen molar-refractivity contribution in [2.24, 2.45) is 5.14 Å². The third-order valence-electron chi connectivity index (χ3n) is 2.31. The normalized spacial score (nSPS) is 26.1. The second-order valence-electron chi connectivity index (χ2n) is 5.08. The summed E-state index contributed by atoms with van der Waals surface area (Å²) >= 11 is 0. The number of nitrogens with zero attached hydrogens (tertiary/aromatic N) is 1. The van der Waals surface area contributed by atoms with Crippen LogP contribution in [0.4, 0.5) is 4.79 Å². The lowest BCUT2D eigenvalue weighted by Gasteiger charge is -2.24. The van der Waals surface area contributed by atoms with Crippen LogP contribution in [0, 0.1) is 0 Å². The fourth-order valence-corrected chi connectivity index (χ4v) is 2.47. The molecule has 100 valence electrons. The Labute approximate surface area is 101 Å². The first-order valence-electron chi connectivity index (χ1n) is 5.18. The standard InChI is InChI=1S/C9H18N2O5S/c1-9(2,3)16-8(13)11-4-6(12)7(5-11)17(10,14)15/h6-7,12H,4-5H2,1-3H3,(H2,10,14,15). The highest BCUT2D eigenvalue weighted by atomic mass is 32.2. The van der Waals surface area contributed by atoms with E-state index in [0.29, 0.717) is 0 Å². The minimum atomic E-state index is -3.86. The first kappa shape index (κ1) is 14.2. The van der Waals surface area contributed by atoms with Crippen molar-refractivity contribution in [2.45, 2.75) is 37.7 Å². The van der Waals surface area contributed by atoms with Crippen LogP contribution in [0.1, 0.15) is 20.8 Å². The number of likely N-dealkylation sites (tertiary alicyclic amines) is 1. The van der Waals surface area contributed by atoms with Gasteiger partial charge in [-0.15, -0.1) is 0 Å². The summed E-state index contributed by atoms with van der Waals surface area (Å²) in [7, 11) is -3.86. The molecule has 0 bridgehead atoms. The Balaban J connectivity index is 2.70. The quantitative estimate of drug-likeness (QED) is 0.649. The number of carbonyl (C=O) groups is 1. The molecule has 1 aliphatic heterocycles. The van der Waals surface area contributed by atoms with E-state index in [1.165, 1.54) is 0 Å². The number of carbonyl (C=O) groups excluding carboxylic acids is 1. The van der Waals surface area contributed by atoms with Gasteiger partial charge < -0.3 is 14.7 Å². The minimum absolute atomic E-state index is 0.0873. The Kier molecular flexibility index (Phi) is 3.70. The van der Waals surface area contributed by atoms with Crippen molar-refractivity contribution in [1.82, 2.24) is 4.90 Å². The largest absolute Gasteiger partial charge is 0.444 e. The smallest absolute Gasteiger partial charge is 0.410 e. The molecular weight excluding hydrogens is 248 g/mol. The number of amides is 1. The Morgan fingerprint density at radius 3 is 2.29 bits per heavy atom. The van der Waals surface area contributed by atoms with E-state index in [-0.39, 0.29) is 13.1 Å². The van der Waals surface area contributed by atoms with E-state index in [0.717, 1.165) is 4.90 Å². The zero-order chi connectivity index (χ0) is 13.4. The first-order valence-corrected chi connectivity index (χ1v) is 6.79. The number of β-amino-alcohol motifs (C(OH)–C–C–N with tert-alkyl or cyclic N) is 1. The molecule has 3 N–H and O–H groups in total. The van der Waals surface area contributed by atoms with Crippen LogP contribution in [0.5, 0.6) is 0 Å². The minimum Gasteiger partial charge on any atom is -0.444 e. The van der Waals surface area contributed by atoms with E-state index in [9.17, 15) is 18.3 Å². The van der Waals surface area contributed by atoms with Gasteiger partial charge in [-0.05, 0) is 20.8 Å². The third-order valence-corrected chi connectivity index (χ3v) is 3.62. The van der Waals surface area contributed by atoms with E-state index >= 15 is 0 Å². The predicted molar refractivity (Wildman–Crippen MR) is 60.7 cm³/mol. The van der Waals surface area contributed by atoms with Gasteiger partial charge in [-0.3, -0.25) is 0 Å². The summed E-state index contributed by atoms with van der Waals surface area (Å²) < 4.78 is 27.3. The lowest BCUT2D eigenvalue weighted by atomic mass is 10.2. The molecule has 0 saturated carbocycles. The van der Waals surface area contributed by atoms with Gasteiger partial charge in [-0.2, -0.15) is 0 Å². The average molecular weight is 266 g/mol. The number of primary sulfonamides is 1. The highest BCUT2D eigenvalue weighted by Crippen LogP contribution is 2.19. The number of sulfonamides is 1. The van der Waals surface area contributed by atoms with Crippen molar-refractivity contribution in [2.75, 3.05) is 13.1 Å². The van der Waals surface area contributed by atoms with Gasteiger partial charge in [0, 0.05) is 6.54 Å². The van der Waals surface area contributed by atoms with Gasteiger partial charge in [0.15, 0.2) is 0 Å². The number of aliphatic hydroxyl groups excluding tert-OH is 1. The van der Waals surface area contributed by atoms with Gasteiger partial charge in [0.25, 0.3) is 0 Å². The molecule has 0 aromatic rings. The van der Waals surface area contributed by atoms with Crippen molar-refractivity contribution in [3.8, 4) is 0 Å². The van der Waals surface area contributed by atoms with Crippen LogP contribution >= 0.6 is 0 Å². The molecule has 1 heterocycles. The van der Waals surface area contributed by atoms with Gasteiger partial charge in [0.05, 0.1) is 12.6 Å². The molecule has 0 aliphatic carbocycles. The van der Waals surface area contributed by atoms with Crippen LogP contribution in [0.25, 0.3) is 0 Å². The van der Waals surface area contributed by atoms with E-state index in [1.807, 2.05) is 0 Å². The maximum Gasteiger partial charge on any atom is 0.410 e. The second kappa shape index (κ2) is 4.43. The molecule has 7 nitrogen and oxygen atoms in total. The lowest BCUT2D eigenvalue weighted by molar-refractivity contribution is 0.0270. The van der Waals surface area contributed by atoms with Gasteiger partial charge in [-0.25, -0.2) is 18.4 Å². The van der Waals surface area contributed by atoms with Crippen molar-refractivity contribution in [1.29, 1.82) is 0 Å². The van der Waals surface area contributed by atoms with Crippen LogP contribution in [-0.4, -0.2) is 54.6 Å². The summed E-state index contributed by atoms with van der Waals surface area (Å²) in [5, 5.41) is 13.3. The lowest BCUT2D eigenvalue weighted by Crippen LogP contribution is -2.38. The zero-order valence-corrected chi connectivity index (χ0v) is 10.9. The Morgan fingerprint density at radius 1 is 1.41 bits per heavy atom. The van der Waals surface area contributed by atoms with E-state index in [4.69, 9.17) is 9.88 Å². The molecule has 1 aliphatic rings. The molecule has 1 saturated heterocycles. The fourth-order valence-electron chi connectivity index (χ4n) is 1.56. The van der Waals surface area contributed by atoms with Crippen LogP contribution in [0.15, 0.2) is 0 Å². The summed E-state index contributed by atoms with van der Waals surface area (Å²) in [6.07, 6.45) is -1.82. The van der Waals surface area contributed by atoms with E-state index < -0.39 is 33.1 Å². The molecule has 1 rings (SSSR count). The number of hydrogen-bond donors (Lipinski definition) is 2. The Bertz CT molecular complexity index is 400. The number of nitrogens with two attached hydrogens (primary N) is 1. The fraction of sp³-hybridized carbons (Fsp3) is 0.889. The molecular formula is C9H18N2O5S. The summed E-state index contributed by atoms with van der Waals surface area (Å²) in [6.45, 7) is 4.88. The third kappa shape index (κ3) is 3.83. The molecule has 1 amide bonds. The van der Waals surface area contributed by atoms with Gasteiger partial charge >= 0.3 is 6.09 Å². The number of rotatable bonds is 1. The van der Waals surface area contributed by atoms with Gasteiger partial charge in [0.2, 0.25) is 10.0 Å². The Morgan fingerprint density at radius 2 is 1.94 bits per heavy atom. The van der Waals surface area contributed by atoms with Crippen LogP contribution in [-0.2, 0) is 14.8 Å². The molecule has 0 spiro atoms. The SMILES string of the molecule is CC(C)(C)OC(=O)N1CC(O)C(S(N)(=O)=O)C1. The maximum absolute atomic E-state index is 11.6. The second-order valence-corrected chi connectivity index (χ2v) is 6.86. The van der Waals surface area contributed by atoms with Gasteiger partial charge in [-0.1, -0.05) is 0 Å². The van der Waals surface area contributed by atoms with Crippen molar-refractivity contribution in [3.63, 3.8) is 0 Å². The van der Waals surface area contributed by atoms with Crippen LogP contribution in [0.3, 0.4) is 0 Å². The maximum atomic E-state index is 11.6. The van der Waals surface area contributed by atoms with Crippen molar-refractivity contribution in [3.05, 3.63) is 0 Å². The molecule has 0 aromatic heterocycles. The van der Waals surface area contributed by atoms with E-state index in [1.54, 1.807) is 20.8 Å². The average Bonchev–Trinajstić information content (AvgIpc) is 2.42. The monoisotopic (exact) mass is 266 g/mol. The van der Waals surface area contributed by atoms with E-state index in [2.05, 4.69) is 0 Å². The van der Waals surface area contributed by atoms with Crippen molar-refractivity contribution >= 4 is 16.1 Å². The van der Waals surface area contributed by atoms with Gasteiger partial charge in [0.1, 0.15) is 10.9 Å². The number of ether oxygens (including phenoxy) is 1. The highest BCUT2D eigenvalue weighted by Gasteiger charge is 2.41. The summed E-state index contributed by atoms with van der Waals surface area (Å²) in [4.78, 5) is 12.8. The molecule has 1 fully saturated rings. The zero-order valence-electron chi connectivity index (χ0n) is 10.1. The molecule has 2 atom stereocenters. The first-order chi connectivity index (χ1) is 7.50. The van der Waals surface area contributed by atoms with Crippen LogP contribution in [0.2, 0.25) is 0 Å². The molecule has 8 heteroatoms. The molecule has 0 radical (unpaired) electrons. The summed E-state index contributed by atoms with van der Waals surface area (Å²) in [6, 6.07) is 0. The Hall–Kier alpha value is -0.860. The van der Waals surface area contributed by atoms with Crippen molar-refractivity contribution < 1.29 is 23.1 Å². The topological polar surface area (TPSA) is 110 Å². The number of hydrogen-bond acceptors (Lipinski definition) is 5. The summed E-state index contributed by atoms with van der Waals surface area (Å²) in [5.41, 5.74) is -0.665. The number of aliphatic hydroxyl groups is 1. The molecule has 0 aromatic carbocycles.